The van der Waals surface area contributed by atoms with Crippen LogP contribution in [0, 0.1) is 5.82 Å². The highest BCUT2D eigenvalue weighted by atomic mass is 35.5. The second kappa shape index (κ2) is 10.3. The Bertz CT molecular complexity index is 1130. The van der Waals surface area contributed by atoms with Crippen LogP contribution in [0.1, 0.15) is 0 Å². The molecular weight excluding hydrogens is 443 g/mol. The first-order valence-electron chi connectivity index (χ1n) is 9.35. The highest BCUT2D eigenvalue weighted by molar-refractivity contribution is 7.92. The van der Waals surface area contributed by atoms with Crippen molar-refractivity contribution < 1.29 is 22.3 Å². The van der Waals surface area contributed by atoms with Crippen molar-refractivity contribution in [2.45, 2.75) is 4.90 Å². The average Bonchev–Trinajstić information content (AvgIpc) is 2.78. The molecule has 0 saturated heterocycles. The van der Waals surface area contributed by atoms with E-state index in [0.717, 1.165) is 10.4 Å². The molecule has 0 aliphatic rings. The number of carbonyl (C=O) groups excluding carboxylic acids is 1. The van der Waals surface area contributed by atoms with E-state index in [4.69, 9.17) is 16.3 Å². The highest BCUT2D eigenvalue weighted by Gasteiger charge is 2.27. The van der Waals surface area contributed by atoms with Gasteiger partial charge < -0.3 is 10.1 Å². The van der Waals surface area contributed by atoms with Crippen LogP contribution in [0.15, 0.2) is 83.8 Å². The molecule has 3 aromatic carbocycles. The third kappa shape index (κ3) is 5.96. The van der Waals surface area contributed by atoms with Crippen molar-refractivity contribution in [2.24, 2.45) is 0 Å². The zero-order valence-corrected chi connectivity index (χ0v) is 17.9. The molecule has 1 N–H and O–H groups in total. The molecule has 6 nitrogen and oxygen atoms in total. The first-order chi connectivity index (χ1) is 14.9. The number of nitrogens with one attached hydrogen (secondary N) is 1. The summed E-state index contributed by atoms with van der Waals surface area (Å²) in [7, 11) is -4.09. The quantitative estimate of drug-likeness (QED) is 0.490. The molecule has 3 aromatic rings. The Hall–Kier alpha value is -3.10. The lowest BCUT2D eigenvalue weighted by Crippen LogP contribution is -2.42. The third-order valence-corrected chi connectivity index (χ3v) is 6.32. The number of anilines is 1. The van der Waals surface area contributed by atoms with E-state index < -0.39 is 28.3 Å². The molecule has 0 radical (unpaired) electrons. The molecular formula is C22H20ClFN2O4S. The van der Waals surface area contributed by atoms with Gasteiger partial charge in [-0.15, -0.1) is 0 Å². The standard InChI is InChI=1S/C22H20ClFN2O4S/c23-20-15-17(11-12-21(20)24)26(31(28,29)19-9-5-2-6-10-19)16-22(27)25-13-14-30-18-7-3-1-4-8-18/h1-12,15H,13-14,16H2,(H,25,27). The zero-order chi connectivity index (χ0) is 22.3. The van der Waals surface area contributed by atoms with Gasteiger partial charge in [-0.05, 0) is 42.5 Å². The van der Waals surface area contributed by atoms with Gasteiger partial charge in [0.05, 0.1) is 22.2 Å². The van der Waals surface area contributed by atoms with Crippen LogP contribution in [0.2, 0.25) is 5.02 Å². The van der Waals surface area contributed by atoms with Gasteiger partial charge in [-0.2, -0.15) is 0 Å². The summed E-state index contributed by atoms with van der Waals surface area (Å²) in [5.74, 6) is -0.576. The molecule has 3 rings (SSSR count). The summed E-state index contributed by atoms with van der Waals surface area (Å²) >= 11 is 5.84. The number of amides is 1. The molecule has 0 heterocycles. The maximum atomic E-state index is 13.6. The highest BCUT2D eigenvalue weighted by Crippen LogP contribution is 2.27. The van der Waals surface area contributed by atoms with E-state index in [9.17, 15) is 17.6 Å². The minimum atomic E-state index is -4.09. The fourth-order valence-electron chi connectivity index (χ4n) is 2.74. The van der Waals surface area contributed by atoms with Gasteiger partial charge in [0.1, 0.15) is 24.7 Å². The predicted octanol–water partition coefficient (Wildman–Crippen LogP) is 3.87. The first-order valence-corrected chi connectivity index (χ1v) is 11.2. The van der Waals surface area contributed by atoms with Gasteiger partial charge in [0.2, 0.25) is 5.91 Å². The van der Waals surface area contributed by atoms with Crippen LogP contribution in [0.25, 0.3) is 0 Å². The third-order valence-electron chi connectivity index (χ3n) is 4.25. The second-order valence-corrected chi connectivity index (χ2v) is 8.70. The first kappa shape index (κ1) is 22.6. The summed E-state index contributed by atoms with van der Waals surface area (Å²) in [6.07, 6.45) is 0. The number of sulfonamides is 1. The summed E-state index contributed by atoms with van der Waals surface area (Å²) < 4.78 is 46.3. The average molecular weight is 463 g/mol. The Morgan fingerprint density at radius 2 is 1.65 bits per heavy atom. The fourth-order valence-corrected chi connectivity index (χ4v) is 4.35. The number of carbonyl (C=O) groups is 1. The minimum Gasteiger partial charge on any atom is -0.492 e. The molecule has 0 atom stereocenters. The number of hydrogen-bond acceptors (Lipinski definition) is 4. The summed E-state index contributed by atoms with van der Waals surface area (Å²) in [6.45, 7) is -0.120. The van der Waals surface area contributed by atoms with E-state index in [0.29, 0.717) is 5.75 Å². The van der Waals surface area contributed by atoms with Gasteiger partial charge in [-0.3, -0.25) is 9.10 Å². The SMILES string of the molecule is O=C(CN(c1ccc(F)c(Cl)c1)S(=O)(=O)c1ccccc1)NCCOc1ccccc1. The maximum absolute atomic E-state index is 13.6. The molecule has 0 fully saturated rings. The van der Waals surface area contributed by atoms with Gasteiger partial charge in [0, 0.05) is 0 Å². The lowest BCUT2D eigenvalue weighted by atomic mass is 10.3. The van der Waals surface area contributed by atoms with Crippen molar-refractivity contribution in [2.75, 3.05) is 24.0 Å². The summed E-state index contributed by atoms with van der Waals surface area (Å²) in [4.78, 5) is 12.5. The molecule has 0 bridgehead atoms. The Morgan fingerprint density at radius 3 is 2.29 bits per heavy atom. The molecule has 9 heteroatoms. The Kier molecular flexibility index (Phi) is 7.49. The van der Waals surface area contributed by atoms with E-state index in [1.165, 1.54) is 24.3 Å². The largest absolute Gasteiger partial charge is 0.492 e. The molecule has 0 aliphatic carbocycles. The van der Waals surface area contributed by atoms with Crippen LogP contribution >= 0.6 is 11.6 Å². The second-order valence-electron chi connectivity index (χ2n) is 6.43. The van der Waals surface area contributed by atoms with Crippen molar-refractivity contribution in [3.05, 3.63) is 89.7 Å². The fraction of sp³-hybridized carbons (Fsp3) is 0.136. The Morgan fingerprint density at radius 1 is 1.00 bits per heavy atom. The zero-order valence-electron chi connectivity index (χ0n) is 16.4. The maximum Gasteiger partial charge on any atom is 0.264 e. The van der Waals surface area contributed by atoms with Crippen molar-refractivity contribution >= 4 is 33.2 Å². The van der Waals surface area contributed by atoms with E-state index in [1.807, 2.05) is 18.2 Å². The molecule has 0 aromatic heterocycles. The van der Waals surface area contributed by atoms with Crippen LogP contribution in [0.4, 0.5) is 10.1 Å². The number of ether oxygens (including phenoxy) is 1. The number of benzene rings is 3. The van der Waals surface area contributed by atoms with Gasteiger partial charge in [-0.25, -0.2) is 12.8 Å². The van der Waals surface area contributed by atoms with E-state index in [2.05, 4.69) is 5.32 Å². The summed E-state index contributed by atoms with van der Waals surface area (Å²) in [5, 5.41) is 2.38. The molecule has 162 valence electrons. The Balaban J connectivity index is 1.73. The van der Waals surface area contributed by atoms with Gasteiger partial charge in [-0.1, -0.05) is 48.0 Å². The molecule has 0 spiro atoms. The number of hydrogen-bond donors (Lipinski definition) is 1. The normalized spacial score (nSPS) is 11.0. The number of nitrogens with zero attached hydrogens (tertiary/aromatic N) is 1. The van der Waals surface area contributed by atoms with Crippen LogP contribution in [-0.2, 0) is 14.8 Å². The topological polar surface area (TPSA) is 75.7 Å². The van der Waals surface area contributed by atoms with Gasteiger partial charge in [0.25, 0.3) is 10.0 Å². The monoisotopic (exact) mass is 462 g/mol. The van der Waals surface area contributed by atoms with Crippen molar-refractivity contribution in [3.8, 4) is 5.75 Å². The van der Waals surface area contributed by atoms with E-state index >= 15 is 0 Å². The number of para-hydroxylation sites is 1. The van der Waals surface area contributed by atoms with E-state index in [-0.39, 0.29) is 28.8 Å². The lowest BCUT2D eigenvalue weighted by molar-refractivity contribution is -0.119. The lowest BCUT2D eigenvalue weighted by Gasteiger charge is -2.24. The van der Waals surface area contributed by atoms with Crippen LogP contribution in [0.5, 0.6) is 5.75 Å². The number of rotatable bonds is 9. The van der Waals surface area contributed by atoms with Crippen LogP contribution < -0.4 is 14.4 Å². The molecule has 31 heavy (non-hydrogen) atoms. The van der Waals surface area contributed by atoms with Crippen LogP contribution in [-0.4, -0.2) is 34.0 Å². The molecule has 0 aliphatic heterocycles. The van der Waals surface area contributed by atoms with Crippen molar-refractivity contribution in [3.63, 3.8) is 0 Å². The number of halogens is 2. The van der Waals surface area contributed by atoms with E-state index in [1.54, 1.807) is 30.3 Å². The van der Waals surface area contributed by atoms with Gasteiger partial charge >= 0.3 is 0 Å². The predicted molar refractivity (Wildman–Crippen MR) is 117 cm³/mol. The molecule has 0 unspecified atom stereocenters. The van der Waals surface area contributed by atoms with Crippen LogP contribution in [0.3, 0.4) is 0 Å². The summed E-state index contributed by atoms with van der Waals surface area (Å²) in [5.41, 5.74) is 0.0749. The van der Waals surface area contributed by atoms with Gasteiger partial charge in [0.15, 0.2) is 0 Å². The molecule has 0 saturated carbocycles. The van der Waals surface area contributed by atoms with Crippen molar-refractivity contribution in [1.82, 2.24) is 5.32 Å². The molecule has 1 amide bonds. The van der Waals surface area contributed by atoms with Crippen molar-refractivity contribution in [1.29, 1.82) is 0 Å². The Labute approximate surface area is 185 Å². The minimum absolute atomic E-state index is 0.00402. The summed E-state index contributed by atoms with van der Waals surface area (Å²) in [6, 6.07) is 20.2. The smallest absolute Gasteiger partial charge is 0.264 e.